The lowest BCUT2D eigenvalue weighted by molar-refractivity contribution is 0.165. The Morgan fingerprint density at radius 1 is 1.43 bits per heavy atom. The van der Waals surface area contributed by atoms with Crippen molar-refractivity contribution >= 4 is 11.6 Å². The number of piperidine rings is 1. The summed E-state index contributed by atoms with van der Waals surface area (Å²) in [6.07, 6.45) is 2.54. The quantitative estimate of drug-likeness (QED) is 0.856. The molecule has 0 radical (unpaired) electrons. The van der Waals surface area contributed by atoms with E-state index in [1.54, 1.807) is 6.07 Å². The Morgan fingerprint density at radius 2 is 2.24 bits per heavy atom. The molecule has 0 amide bonds. The number of benzene rings is 1. The molecule has 0 aromatic heterocycles. The van der Waals surface area contributed by atoms with E-state index in [-0.39, 0.29) is 10.8 Å². The van der Waals surface area contributed by atoms with Gasteiger partial charge in [-0.15, -0.1) is 0 Å². The van der Waals surface area contributed by atoms with Gasteiger partial charge in [0.1, 0.15) is 5.82 Å². The molecular weight excluding hydrogens is 287 g/mol. The van der Waals surface area contributed by atoms with Crippen molar-refractivity contribution in [3.05, 3.63) is 34.6 Å². The number of nitrogens with zero attached hydrogens (tertiary/aromatic N) is 1. The van der Waals surface area contributed by atoms with Gasteiger partial charge >= 0.3 is 0 Å². The van der Waals surface area contributed by atoms with Crippen molar-refractivity contribution in [2.75, 3.05) is 26.2 Å². The average molecular weight is 313 g/mol. The Labute approximate surface area is 132 Å². The summed E-state index contributed by atoms with van der Waals surface area (Å²) in [4.78, 5) is 2.45. The number of halogens is 2. The summed E-state index contributed by atoms with van der Waals surface area (Å²) in [6.45, 7) is 9.75. The smallest absolute Gasteiger partial charge is 0.141 e. The molecule has 1 fully saturated rings. The van der Waals surface area contributed by atoms with Crippen LogP contribution in [0.15, 0.2) is 18.2 Å². The van der Waals surface area contributed by atoms with Crippen LogP contribution in [0.2, 0.25) is 5.02 Å². The molecule has 0 bridgehead atoms. The maximum atomic E-state index is 13.2. The molecular formula is C17H26ClFN2. The van der Waals surface area contributed by atoms with Crippen LogP contribution in [0.1, 0.15) is 32.3 Å². The SMILES string of the molecule is CC(C)CNCC1CCCN(Cc2ccc(F)c(Cl)c2)C1. The zero-order valence-electron chi connectivity index (χ0n) is 13.0. The number of hydrogen-bond donors (Lipinski definition) is 1. The highest BCUT2D eigenvalue weighted by atomic mass is 35.5. The van der Waals surface area contributed by atoms with E-state index >= 15 is 0 Å². The van der Waals surface area contributed by atoms with E-state index in [0.717, 1.165) is 38.3 Å². The number of rotatable bonds is 6. The van der Waals surface area contributed by atoms with E-state index in [2.05, 4.69) is 24.1 Å². The van der Waals surface area contributed by atoms with Crippen LogP contribution in [0.3, 0.4) is 0 Å². The topological polar surface area (TPSA) is 15.3 Å². The van der Waals surface area contributed by atoms with Crippen LogP contribution in [0.25, 0.3) is 0 Å². The minimum Gasteiger partial charge on any atom is -0.316 e. The number of hydrogen-bond acceptors (Lipinski definition) is 2. The van der Waals surface area contributed by atoms with Crippen molar-refractivity contribution in [1.82, 2.24) is 10.2 Å². The molecule has 1 aliphatic heterocycles. The largest absolute Gasteiger partial charge is 0.316 e. The Balaban J connectivity index is 1.81. The highest BCUT2D eigenvalue weighted by molar-refractivity contribution is 6.30. The van der Waals surface area contributed by atoms with E-state index in [0.29, 0.717) is 11.8 Å². The van der Waals surface area contributed by atoms with Gasteiger partial charge in [-0.3, -0.25) is 4.90 Å². The Morgan fingerprint density at radius 3 is 2.95 bits per heavy atom. The van der Waals surface area contributed by atoms with Crippen LogP contribution in [0, 0.1) is 17.7 Å². The van der Waals surface area contributed by atoms with Crippen LogP contribution in [-0.2, 0) is 6.54 Å². The van der Waals surface area contributed by atoms with Crippen LogP contribution >= 0.6 is 11.6 Å². The highest BCUT2D eigenvalue weighted by Gasteiger charge is 2.19. The summed E-state index contributed by atoms with van der Waals surface area (Å²) < 4.78 is 13.2. The first-order chi connectivity index (χ1) is 10.0. The minimum absolute atomic E-state index is 0.222. The lowest BCUT2D eigenvalue weighted by Crippen LogP contribution is -2.39. The van der Waals surface area contributed by atoms with Crippen molar-refractivity contribution in [2.24, 2.45) is 11.8 Å². The van der Waals surface area contributed by atoms with Crippen LogP contribution < -0.4 is 5.32 Å². The molecule has 2 nitrogen and oxygen atoms in total. The molecule has 1 atom stereocenters. The summed E-state index contributed by atoms with van der Waals surface area (Å²) in [5, 5.41) is 3.78. The van der Waals surface area contributed by atoms with Crippen molar-refractivity contribution in [2.45, 2.75) is 33.2 Å². The Hall–Kier alpha value is -0.640. The number of nitrogens with one attached hydrogen (secondary N) is 1. The standard InChI is InChI=1S/C17H26ClFN2/c1-13(2)9-20-10-15-4-3-7-21(12-15)11-14-5-6-17(19)16(18)8-14/h5-6,8,13,15,20H,3-4,7,9-12H2,1-2H3. The maximum absolute atomic E-state index is 13.2. The lowest BCUT2D eigenvalue weighted by atomic mass is 9.97. The first kappa shape index (κ1) is 16.7. The Bertz CT molecular complexity index is 450. The predicted octanol–water partition coefficient (Wildman–Crippen LogP) is 3.94. The zero-order valence-corrected chi connectivity index (χ0v) is 13.8. The minimum atomic E-state index is -0.338. The second-order valence-electron chi connectivity index (χ2n) is 6.54. The second kappa shape index (κ2) is 8.11. The molecule has 4 heteroatoms. The summed E-state index contributed by atoms with van der Waals surface area (Å²) in [5.74, 6) is 1.08. The lowest BCUT2D eigenvalue weighted by Gasteiger charge is -2.33. The fraction of sp³-hybridized carbons (Fsp3) is 0.647. The van der Waals surface area contributed by atoms with Gasteiger partial charge in [0.2, 0.25) is 0 Å². The van der Waals surface area contributed by atoms with Crippen LogP contribution in [0.4, 0.5) is 4.39 Å². The third-order valence-electron chi connectivity index (χ3n) is 3.98. The Kier molecular flexibility index (Phi) is 6.46. The van der Waals surface area contributed by atoms with Crippen LogP contribution in [-0.4, -0.2) is 31.1 Å². The molecule has 1 unspecified atom stereocenters. The summed E-state index contributed by atoms with van der Waals surface area (Å²) in [6, 6.07) is 5.04. The normalized spacial score (nSPS) is 20.1. The van der Waals surface area contributed by atoms with Crippen molar-refractivity contribution in [3.8, 4) is 0 Å². The zero-order chi connectivity index (χ0) is 15.2. The van der Waals surface area contributed by atoms with E-state index in [1.807, 2.05) is 6.07 Å². The molecule has 0 saturated carbocycles. The number of likely N-dealkylation sites (tertiary alicyclic amines) is 1. The summed E-state index contributed by atoms with van der Waals surface area (Å²) in [7, 11) is 0. The third-order valence-corrected chi connectivity index (χ3v) is 4.27. The van der Waals surface area contributed by atoms with Crippen molar-refractivity contribution < 1.29 is 4.39 Å². The molecule has 0 aliphatic carbocycles. The van der Waals surface area contributed by atoms with Gasteiger partial charge < -0.3 is 5.32 Å². The first-order valence-corrected chi connectivity index (χ1v) is 8.29. The predicted molar refractivity (Wildman–Crippen MR) is 87.1 cm³/mol. The summed E-state index contributed by atoms with van der Waals surface area (Å²) in [5.41, 5.74) is 1.09. The van der Waals surface area contributed by atoms with E-state index in [4.69, 9.17) is 11.6 Å². The van der Waals surface area contributed by atoms with E-state index in [1.165, 1.54) is 18.9 Å². The van der Waals surface area contributed by atoms with Crippen molar-refractivity contribution in [1.29, 1.82) is 0 Å². The van der Waals surface area contributed by atoms with Gasteiger partial charge in [-0.1, -0.05) is 31.5 Å². The highest BCUT2D eigenvalue weighted by Crippen LogP contribution is 2.21. The summed E-state index contributed by atoms with van der Waals surface area (Å²) >= 11 is 5.85. The molecule has 0 spiro atoms. The monoisotopic (exact) mass is 312 g/mol. The molecule has 1 N–H and O–H groups in total. The molecule has 21 heavy (non-hydrogen) atoms. The van der Waals surface area contributed by atoms with Gasteiger partial charge in [0, 0.05) is 13.1 Å². The van der Waals surface area contributed by atoms with E-state index in [9.17, 15) is 4.39 Å². The maximum Gasteiger partial charge on any atom is 0.141 e. The molecule has 1 saturated heterocycles. The van der Waals surface area contributed by atoms with Gasteiger partial charge in [0.15, 0.2) is 0 Å². The fourth-order valence-corrected chi connectivity index (χ4v) is 3.14. The molecule has 1 aromatic rings. The molecule has 1 aliphatic rings. The van der Waals surface area contributed by atoms with Crippen molar-refractivity contribution in [3.63, 3.8) is 0 Å². The first-order valence-electron chi connectivity index (χ1n) is 7.91. The van der Waals surface area contributed by atoms with Gasteiger partial charge in [0.25, 0.3) is 0 Å². The van der Waals surface area contributed by atoms with Gasteiger partial charge in [0.05, 0.1) is 5.02 Å². The van der Waals surface area contributed by atoms with Gasteiger partial charge in [-0.05, 0) is 62.0 Å². The molecule has 1 aromatic carbocycles. The van der Waals surface area contributed by atoms with Gasteiger partial charge in [-0.2, -0.15) is 0 Å². The third kappa shape index (κ3) is 5.57. The molecule has 2 rings (SSSR count). The molecule has 1 heterocycles. The second-order valence-corrected chi connectivity index (χ2v) is 6.95. The van der Waals surface area contributed by atoms with Crippen LogP contribution in [0.5, 0.6) is 0 Å². The fourth-order valence-electron chi connectivity index (χ4n) is 2.93. The van der Waals surface area contributed by atoms with Gasteiger partial charge in [-0.25, -0.2) is 4.39 Å². The van der Waals surface area contributed by atoms with E-state index < -0.39 is 0 Å². The molecule has 118 valence electrons. The average Bonchev–Trinajstić information content (AvgIpc) is 2.43.